The van der Waals surface area contributed by atoms with E-state index in [1.54, 1.807) is 6.20 Å². The molecule has 5 nitrogen and oxygen atoms in total. The van der Waals surface area contributed by atoms with Crippen molar-refractivity contribution in [2.45, 2.75) is 32.0 Å². The molecule has 0 N–H and O–H groups in total. The first kappa shape index (κ1) is 11.4. The SMILES string of the molecule is C[C@@H]1CN(c2ncncc2C#N)C[C@H](C2CC2)O1. The van der Waals surface area contributed by atoms with E-state index in [4.69, 9.17) is 10.00 Å². The second-order valence-corrected chi connectivity index (χ2v) is 5.10. The Kier molecular flexibility index (Phi) is 2.88. The molecular weight excluding hydrogens is 228 g/mol. The molecule has 1 saturated heterocycles. The van der Waals surface area contributed by atoms with Crippen LogP contribution in [0.25, 0.3) is 0 Å². The monoisotopic (exact) mass is 244 g/mol. The van der Waals surface area contributed by atoms with Crippen molar-refractivity contribution in [2.75, 3.05) is 18.0 Å². The zero-order chi connectivity index (χ0) is 12.5. The van der Waals surface area contributed by atoms with Gasteiger partial charge in [0.25, 0.3) is 0 Å². The Morgan fingerprint density at radius 1 is 1.44 bits per heavy atom. The molecule has 0 amide bonds. The topological polar surface area (TPSA) is 62.0 Å². The summed E-state index contributed by atoms with van der Waals surface area (Å²) in [4.78, 5) is 10.3. The van der Waals surface area contributed by atoms with E-state index in [2.05, 4.69) is 27.9 Å². The van der Waals surface area contributed by atoms with Crippen LogP contribution in [0.5, 0.6) is 0 Å². The molecule has 2 heterocycles. The number of hydrogen-bond acceptors (Lipinski definition) is 5. The number of rotatable bonds is 2. The predicted octanol–water partition coefficient (Wildman–Crippen LogP) is 1.35. The highest BCUT2D eigenvalue weighted by atomic mass is 16.5. The summed E-state index contributed by atoms with van der Waals surface area (Å²) in [5.74, 6) is 1.44. The molecule has 18 heavy (non-hydrogen) atoms. The van der Waals surface area contributed by atoms with Gasteiger partial charge in [-0.05, 0) is 25.7 Å². The Morgan fingerprint density at radius 2 is 2.28 bits per heavy atom. The Hall–Kier alpha value is -1.67. The number of hydrogen-bond donors (Lipinski definition) is 0. The maximum Gasteiger partial charge on any atom is 0.150 e. The second-order valence-electron chi connectivity index (χ2n) is 5.10. The van der Waals surface area contributed by atoms with Gasteiger partial charge in [-0.15, -0.1) is 0 Å². The predicted molar refractivity (Wildman–Crippen MR) is 66.0 cm³/mol. The highest BCUT2D eigenvalue weighted by Gasteiger charge is 2.38. The first-order valence-corrected chi connectivity index (χ1v) is 6.38. The maximum absolute atomic E-state index is 9.11. The summed E-state index contributed by atoms with van der Waals surface area (Å²) in [5.41, 5.74) is 0.543. The summed E-state index contributed by atoms with van der Waals surface area (Å²) in [6.45, 7) is 3.70. The van der Waals surface area contributed by atoms with E-state index in [9.17, 15) is 0 Å². The minimum absolute atomic E-state index is 0.186. The molecule has 2 fully saturated rings. The molecule has 0 bridgehead atoms. The van der Waals surface area contributed by atoms with Crippen LogP contribution in [0.2, 0.25) is 0 Å². The number of ether oxygens (including phenoxy) is 1. The van der Waals surface area contributed by atoms with Gasteiger partial charge in [0.15, 0.2) is 0 Å². The third-order valence-electron chi connectivity index (χ3n) is 3.54. The molecule has 94 valence electrons. The van der Waals surface area contributed by atoms with Crippen LogP contribution in [0, 0.1) is 17.2 Å². The van der Waals surface area contributed by atoms with Crippen molar-refractivity contribution < 1.29 is 4.74 Å². The minimum atomic E-state index is 0.186. The fourth-order valence-electron chi connectivity index (χ4n) is 2.54. The Morgan fingerprint density at radius 3 is 3.00 bits per heavy atom. The molecule has 2 atom stereocenters. The lowest BCUT2D eigenvalue weighted by molar-refractivity contribution is -0.0273. The molecule has 0 radical (unpaired) electrons. The lowest BCUT2D eigenvalue weighted by atomic mass is 10.1. The van der Waals surface area contributed by atoms with Crippen molar-refractivity contribution in [2.24, 2.45) is 5.92 Å². The molecule has 5 heteroatoms. The summed E-state index contributed by atoms with van der Waals surface area (Å²) >= 11 is 0. The molecule has 0 spiro atoms. The quantitative estimate of drug-likeness (QED) is 0.786. The van der Waals surface area contributed by atoms with Crippen molar-refractivity contribution in [3.63, 3.8) is 0 Å². The van der Waals surface area contributed by atoms with E-state index >= 15 is 0 Å². The van der Waals surface area contributed by atoms with Gasteiger partial charge >= 0.3 is 0 Å². The lowest BCUT2D eigenvalue weighted by Crippen LogP contribution is -2.48. The van der Waals surface area contributed by atoms with E-state index in [1.807, 2.05) is 0 Å². The van der Waals surface area contributed by atoms with Gasteiger partial charge in [0.2, 0.25) is 0 Å². The zero-order valence-electron chi connectivity index (χ0n) is 10.4. The molecule has 1 saturated carbocycles. The van der Waals surface area contributed by atoms with Gasteiger partial charge in [-0.3, -0.25) is 0 Å². The van der Waals surface area contributed by atoms with Crippen molar-refractivity contribution in [1.82, 2.24) is 9.97 Å². The second kappa shape index (κ2) is 4.54. The van der Waals surface area contributed by atoms with E-state index in [0.717, 1.165) is 18.9 Å². The van der Waals surface area contributed by atoms with Gasteiger partial charge in [0.1, 0.15) is 23.8 Å². The number of nitriles is 1. The fraction of sp³-hybridized carbons (Fsp3) is 0.615. The zero-order valence-corrected chi connectivity index (χ0v) is 10.4. The molecule has 2 aliphatic rings. The molecule has 0 aromatic carbocycles. The fourth-order valence-corrected chi connectivity index (χ4v) is 2.54. The molecule has 0 unspecified atom stereocenters. The largest absolute Gasteiger partial charge is 0.371 e. The van der Waals surface area contributed by atoms with Crippen molar-refractivity contribution in [3.05, 3.63) is 18.1 Å². The summed E-state index contributed by atoms with van der Waals surface area (Å²) in [7, 11) is 0. The van der Waals surface area contributed by atoms with Gasteiger partial charge in [-0.2, -0.15) is 5.26 Å². The first-order chi connectivity index (χ1) is 8.78. The van der Waals surface area contributed by atoms with Crippen LogP contribution < -0.4 is 4.90 Å². The highest BCUT2D eigenvalue weighted by Crippen LogP contribution is 2.37. The van der Waals surface area contributed by atoms with Crippen molar-refractivity contribution >= 4 is 5.82 Å². The summed E-state index contributed by atoms with van der Waals surface area (Å²) in [5, 5.41) is 9.11. The van der Waals surface area contributed by atoms with Crippen LogP contribution in [-0.2, 0) is 4.74 Å². The van der Waals surface area contributed by atoms with Crippen LogP contribution in [0.15, 0.2) is 12.5 Å². The van der Waals surface area contributed by atoms with Crippen molar-refractivity contribution in [1.29, 1.82) is 5.26 Å². The third kappa shape index (κ3) is 2.16. The molecule has 1 aromatic rings. The van der Waals surface area contributed by atoms with Gasteiger partial charge < -0.3 is 9.64 Å². The van der Waals surface area contributed by atoms with E-state index in [0.29, 0.717) is 11.5 Å². The molecule has 1 aromatic heterocycles. The van der Waals surface area contributed by atoms with Gasteiger partial charge in [-0.25, -0.2) is 9.97 Å². The van der Waals surface area contributed by atoms with Crippen molar-refractivity contribution in [3.8, 4) is 6.07 Å². The third-order valence-corrected chi connectivity index (χ3v) is 3.54. The average Bonchev–Trinajstić information content (AvgIpc) is 3.22. The number of morpholine rings is 1. The van der Waals surface area contributed by atoms with E-state index < -0.39 is 0 Å². The molecule has 3 rings (SSSR count). The normalized spacial score (nSPS) is 27.9. The summed E-state index contributed by atoms with van der Waals surface area (Å²) in [6.07, 6.45) is 6.08. The molecule has 1 aliphatic carbocycles. The number of nitrogens with zero attached hydrogens (tertiary/aromatic N) is 4. The minimum Gasteiger partial charge on any atom is -0.371 e. The van der Waals surface area contributed by atoms with Crippen LogP contribution in [0.1, 0.15) is 25.3 Å². The van der Waals surface area contributed by atoms with E-state index in [1.165, 1.54) is 19.2 Å². The standard InChI is InChI=1S/C13H16N4O/c1-9-6-17(7-12(18-9)10-2-3-10)13-11(4-14)5-15-8-16-13/h5,8-10,12H,2-3,6-7H2,1H3/t9-,12-/m1/s1. The van der Waals surface area contributed by atoms with Crippen LogP contribution in [-0.4, -0.2) is 35.3 Å². The molecule has 1 aliphatic heterocycles. The van der Waals surface area contributed by atoms with Gasteiger partial charge in [0, 0.05) is 13.1 Å². The van der Waals surface area contributed by atoms with Gasteiger partial charge in [-0.1, -0.05) is 0 Å². The number of anilines is 1. The smallest absolute Gasteiger partial charge is 0.150 e. The Balaban J connectivity index is 1.84. The summed E-state index contributed by atoms with van der Waals surface area (Å²) in [6, 6.07) is 2.16. The Labute approximate surface area is 106 Å². The van der Waals surface area contributed by atoms with Crippen LogP contribution in [0.4, 0.5) is 5.82 Å². The van der Waals surface area contributed by atoms with E-state index in [-0.39, 0.29) is 12.2 Å². The van der Waals surface area contributed by atoms with Crippen LogP contribution in [0.3, 0.4) is 0 Å². The lowest BCUT2D eigenvalue weighted by Gasteiger charge is -2.37. The average molecular weight is 244 g/mol. The van der Waals surface area contributed by atoms with Crippen LogP contribution >= 0.6 is 0 Å². The number of aromatic nitrogens is 2. The molecular formula is C13H16N4O. The van der Waals surface area contributed by atoms with Gasteiger partial charge in [0.05, 0.1) is 18.4 Å². The Bertz CT molecular complexity index is 480. The maximum atomic E-state index is 9.11. The highest BCUT2D eigenvalue weighted by molar-refractivity contribution is 5.52. The summed E-state index contributed by atoms with van der Waals surface area (Å²) < 4.78 is 5.97. The first-order valence-electron chi connectivity index (χ1n) is 6.38.